The molecule has 1 amide bonds. The van der Waals surface area contributed by atoms with E-state index in [2.05, 4.69) is 32.0 Å². The highest BCUT2D eigenvalue weighted by Gasteiger charge is 2.22. The van der Waals surface area contributed by atoms with Crippen LogP contribution in [-0.2, 0) is 0 Å². The number of nitrogens with one attached hydrogen (secondary N) is 1. The maximum atomic E-state index is 12.6. The van der Waals surface area contributed by atoms with Gasteiger partial charge in [-0.05, 0) is 17.9 Å². The predicted octanol–water partition coefficient (Wildman–Crippen LogP) is 2.88. The molecule has 3 aromatic rings. The van der Waals surface area contributed by atoms with E-state index in [1.807, 2.05) is 30.3 Å². The summed E-state index contributed by atoms with van der Waals surface area (Å²) in [4.78, 5) is 30.5. The van der Waals surface area contributed by atoms with Crippen LogP contribution >= 0.6 is 0 Å². The Labute approximate surface area is 170 Å². The van der Waals surface area contributed by atoms with Gasteiger partial charge in [0.1, 0.15) is 5.82 Å². The van der Waals surface area contributed by atoms with Gasteiger partial charge in [-0.3, -0.25) is 4.79 Å². The molecule has 0 radical (unpaired) electrons. The van der Waals surface area contributed by atoms with E-state index in [-0.39, 0.29) is 5.91 Å². The van der Waals surface area contributed by atoms with Gasteiger partial charge in [-0.2, -0.15) is 0 Å². The molecule has 1 aliphatic heterocycles. The number of benzene rings is 1. The number of carbonyl (C=O) groups is 1. The number of pyridine rings is 1. The number of anilines is 2. The summed E-state index contributed by atoms with van der Waals surface area (Å²) < 4.78 is 0. The number of unbranched alkanes of at least 4 members (excludes halogenated alkanes) is 1. The van der Waals surface area contributed by atoms with E-state index in [1.54, 1.807) is 18.6 Å². The molecule has 150 valence electrons. The molecule has 2 aromatic heterocycles. The van der Waals surface area contributed by atoms with Crippen LogP contribution in [-0.4, -0.2) is 53.6 Å². The SMILES string of the molecule is CCCCNC(=O)c1cnc(N2CCN(c3ncccn3)CC2)c2ccccc12. The normalized spacial score (nSPS) is 14.2. The first-order chi connectivity index (χ1) is 14.3. The van der Waals surface area contributed by atoms with E-state index >= 15 is 0 Å². The number of piperazine rings is 1. The quantitative estimate of drug-likeness (QED) is 0.653. The number of amides is 1. The molecule has 1 saturated heterocycles. The Morgan fingerprint density at radius 2 is 1.66 bits per heavy atom. The van der Waals surface area contributed by atoms with Gasteiger partial charge >= 0.3 is 0 Å². The van der Waals surface area contributed by atoms with Crippen molar-refractivity contribution in [1.29, 1.82) is 0 Å². The highest BCUT2D eigenvalue weighted by atomic mass is 16.1. The Balaban J connectivity index is 1.55. The van der Waals surface area contributed by atoms with E-state index in [1.165, 1.54) is 0 Å². The molecule has 4 rings (SSSR count). The summed E-state index contributed by atoms with van der Waals surface area (Å²) in [7, 11) is 0. The number of carbonyl (C=O) groups excluding carboxylic acids is 1. The topological polar surface area (TPSA) is 74.2 Å². The van der Waals surface area contributed by atoms with Gasteiger partial charge < -0.3 is 15.1 Å². The van der Waals surface area contributed by atoms with Crippen LogP contribution in [0, 0.1) is 0 Å². The van der Waals surface area contributed by atoms with E-state index in [4.69, 9.17) is 4.98 Å². The third-order valence-corrected chi connectivity index (χ3v) is 5.25. The van der Waals surface area contributed by atoms with Gasteiger partial charge in [0.15, 0.2) is 0 Å². The lowest BCUT2D eigenvalue weighted by Gasteiger charge is -2.35. The van der Waals surface area contributed by atoms with Crippen LogP contribution in [0.5, 0.6) is 0 Å². The van der Waals surface area contributed by atoms with Crippen molar-refractivity contribution < 1.29 is 4.79 Å². The van der Waals surface area contributed by atoms with Gasteiger partial charge in [0.25, 0.3) is 5.91 Å². The minimum atomic E-state index is -0.0558. The molecular formula is C22H26N6O. The van der Waals surface area contributed by atoms with Crippen LogP contribution < -0.4 is 15.1 Å². The van der Waals surface area contributed by atoms with Crippen molar-refractivity contribution in [3.8, 4) is 0 Å². The molecule has 1 N–H and O–H groups in total. The fourth-order valence-electron chi connectivity index (χ4n) is 3.66. The van der Waals surface area contributed by atoms with Crippen molar-refractivity contribution >= 4 is 28.4 Å². The Morgan fingerprint density at radius 1 is 0.966 bits per heavy atom. The maximum Gasteiger partial charge on any atom is 0.253 e. The second kappa shape index (κ2) is 8.86. The van der Waals surface area contributed by atoms with Crippen molar-refractivity contribution in [1.82, 2.24) is 20.3 Å². The zero-order valence-corrected chi connectivity index (χ0v) is 16.7. The smallest absolute Gasteiger partial charge is 0.253 e. The van der Waals surface area contributed by atoms with Crippen molar-refractivity contribution in [2.75, 3.05) is 42.5 Å². The van der Waals surface area contributed by atoms with E-state index in [9.17, 15) is 4.79 Å². The van der Waals surface area contributed by atoms with Gasteiger partial charge in [-0.15, -0.1) is 0 Å². The third-order valence-electron chi connectivity index (χ3n) is 5.25. The second-order valence-electron chi connectivity index (χ2n) is 7.17. The van der Waals surface area contributed by atoms with Crippen molar-refractivity contribution in [3.63, 3.8) is 0 Å². The average molecular weight is 390 g/mol. The lowest BCUT2D eigenvalue weighted by molar-refractivity contribution is 0.0954. The van der Waals surface area contributed by atoms with Crippen LogP contribution in [0.2, 0.25) is 0 Å². The zero-order valence-electron chi connectivity index (χ0n) is 16.7. The van der Waals surface area contributed by atoms with Gasteiger partial charge in [-0.25, -0.2) is 15.0 Å². The molecule has 0 aliphatic carbocycles. The first-order valence-electron chi connectivity index (χ1n) is 10.2. The van der Waals surface area contributed by atoms with Gasteiger partial charge in [0.2, 0.25) is 5.95 Å². The van der Waals surface area contributed by atoms with Crippen LogP contribution in [0.3, 0.4) is 0 Å². The highest BCUT2D eigenvalue weighted by Crippen LogP contribution is 2.28. The first kappa shape index (κ1) is 19.1. The molecule has 3 heterocycles. The Bertz CT molecular complexity index is 969. The maximum absolute atomic E-state index is 12.6. The molecule has 7 heteroatoms. The van der Waals surface area contributed by atoms with Crippen molar-refractivity contribution in [2.45, 2.75) is 19.8 Å². The summed E-state index contributed by atoms with van der Waals surface area (Å²) >= 11 is 0. The number of fused-ring (bicyclic) bond motifs is 1. The summed E-state index contributed by atoms with van der Waals surface area (Å²) in [6.45, 7) is 6.13. The Hall–Kier alpha value is -3.22. The Kier molecular flexibility index (Phi) is 5.84. The first-order valence-corrected chi connectivity index (χ1v) is 10.2. The summed E-state index contributed by atoms with van der Waals surface area (Å²) in [6.07, 6.45) is 7.29. The third kappa shape index (κ3) is 4.13. The number of rotatable bonds is 6. The monoisotopic (exact) mass is 390 g/mol. The highest BCUT2D eigenvalue weighted by molar-refractivity contribution is 6.09. The summed E-state index contributed by atoms with van der Waals surface area (Å²) in [5.41, 5.74) is 0.636. The van der Waals surface area contributed by atoms with Crippen LogP contribution in [0.25, 0.3) is 10.8 Å². The van der Waals surface area contributed by atoms with Crippen molar-refractivity contribution in [3.05, 3.63) is 54.5 Å². The van der Waals surface area contributed by atoms with E-state index in [0.717, 1.165) is 61.6 Å². The summed E-state index contributed by atoms with van der Waals surface area (Å²) in [5.74, 6) is 1.64. The van der Waals surface area contributed by atoms with Crippen LogP contribution in [0.4, 0.5) is 11.8 Å². The molecule has 0 saturated carbocycles. The standard InChI is InChI=1S/C22H26N6O/c1-2-3-9-23-21(29)19-16-26-20(18-8-5-4-7-17(18)19)27-12-14-28(15-13-27)22-24-10-6-11-25-22/h4-8,10-11,16H,2-3,9,12-15H2,1H3,(H,23,29). The van der Waals surface area contributed by atoms with E-state index < -0.39 is 0 Å². The number of aromatic nitrogens is 3. The molecule has 7 nitrogen and oxygen atoms in total. The fraction of sp³-hybridized carbons (Fsp3) is 0.364. The minimum Gasteiger partial charge on any atom is -0.353 e. The second-order valence-corrected chi connectivity index (χ2v) is 7.17. The molecule has 0 unspecified atom stereocenters. The molecular weight excluding hydrogens is 364 g/mol. The number of nitrogens with zero attached hydrogens (tertiary/aromatic N) is 5. The predicted molar refractivity (Wildman–Crippen MR) is 115 cm³/mol. The zero-order chi connectivity index (χ0) is 20.1. The van der Waals surface area contributed by atoms with Gasteiger partial charge in [0.05, 0.1) is 5.56 Å². The lowest BCUT2D eigenvalue weighted by Crippen LogP contribution is -2.47. The lowest BCUT2D eigenvalue weighted by atomic mass is 10.1. The average Bonchev–Trinajstić information content (AvgIpc) is 2.79. The van der Waals surface area contributed by atoms with Crippen LogP contribution in [0.1, 0.15) is 30.1 Å². The van der Waals surface area contributed by atoms with Crippen LogP contribution in [0.15, 0.2) is 48.9 Å². The number of hydrogen-bond acceptors (Lipinski definition) is 6. The molecule has 0 atom stereocenters. The summed E-state index contributed by atoms with van der Waals surface area (Å²) in [5, 5.41) is 4.96. The molecule has 29 heavy (non-hydrogen) atoms. The molecule has 1 fully saturated rings. The Morgan fingerprint density at radius 3 is 2.38 bits per heavy atom. The summed E-state index contributed by atoms with van der Waals surface area (Å²) in [6, 6.07) is 9.85. The largest absolute Gasteiger partial charge is 0.353 e. The minimum absolute atomic E-state index is 0.0558. The molecule has 1 aliphatic rings. The molecule has 0 bridgehead atoms. The fourth-order valence-corrected chi connectivity index (χ4v) is 3.66. The molecule has 0 spiro atoms. The van der Waals surface area contributed by atoms with Gasteiger partial charge in [-0.1, -0.05) is 37.6 Å². The van der Waals surface area contributed by atoms with Gasteiger partial charge in [0, 0.05) is 56.7 Å². The van der Waals surface area contributed by atoms with Crippen molar-refractivity contribution in [2.24, 2.45) is 0 Å². The molecule has 1 aromatic carbocycles. The number of hydrogen-bond donors (Lipinski definition) is 1. The van der Waals surface area contributed by atoms with E-state index in [0.29, 0.717) is 12.1 Å².